The number of nitrogen functional groups attached to an aromatic ring is 1. The smallest absolute Gasteiger partial charge is 0.273 e. The van der Waals surface area contributed by atoms with Gasteiger partial charge in [0.15, 0.2) is 4.34 Å². The maximum Gasteiger partial charge on any atom is 0.273 e. The molecule has 3 aromatic heterocycles. The van der Waals surface area contributed by atoms with E-state index in [0.717, 1.165) is 11.8 Å². The Morgan fingerprint density at radius 2 is 1.88 bits per heavy atom. The van der Waals surface area contributed by atoms with Crippen LogP contribution in [0.25, 0.3) is 5.78 Å². The number of anilines is 2. The van der Waals surface area contributed by atoms with Gasteiger partial charge in [0.05, 0.1) is 24.3 Å². The van der Waals surface area contributed by atoms with Gasteiger partial charge in [0.25, 0.3) is 5.78 Å². The van der Waals surface area contributed by atoms with Gasteiger partial charge in [-0.1, -0.05) is 47.0 Å². The van der Waals surface area contributed by atoms with Crippen molar-refractivity contribution in [1.29, 1.82) is 0 Å². The normalized spacial score (nSPS) is 10.9. The molecule has 32 heavy (non-hydrogen) atoms. The molecule has 166 valence electrons. The number of thioether (sulfide) groups is 2. The Labute approximate surface area is 193 Å². The van der Waals surface area contributed by atoms with Crippen molar-refractivity contribution in [2.45, 2.75) is 9.50 Å². The van der Waals surface area contributed by atoms with Crippen molar-refractivity contribution in [3.63, 3.8) is 0 Å². The van der Waals surface area contributed by atoms with Gasteiger partial charge in [-0.15, -0.1) is 20.4 Å². The summed E-state index contributed by atoms with van der Waals surface area (Å²) >= 11 is 3.55. The highest BCUT2D eigenvalue weighted by atomic mass is 32.2. The zero-order chi connectivity index (χ0) is 22.5. The molecule has 1 aromatic carbocycles. The molecule has 4 N–H and O–H groups in total. The summed E-state index contributed by atoms with van der Waals surface area (Å²) in [6, 6.07) is 7.14. The number of carbonyl (C=O) groups is 2. The molecule has 0 atom stereocenters. The van der Waals surface area contributed by atoms with E-state index >= 15 is 0 Å². The van der Waals surface area contributed by atoms with Crippen LogP contribution >= 0.6 is 34.9 Å². The molecule has 4 rings (SSSR count). The third-order valence-corrected chi connectivity index (χ3v) is 6.70. The molecule has 13 nitrogen and oxygen atoms in total. The summed E-state index contributed by atoms with van der Waals surface area (Å²) in [6.07, 6.45) is 1.39. The first-order valence-corrected chi connectivity index (χ1v) is 11.7. The van der Waals surface area contributed by atoms with E-state index in [1.807, 2.05) is 6.07 Å². The number of nitrogens with two attached hydrogens (primary N) is 1. The van der Waals surface area contributed by atoms with Crippen LogP contribution in [0.15, 0.2) is 40.1 Å². The number of methoxy groups -OCH3 is 1. The monoisotopic (exact) mass is 492 g/mol. The Balaban J connectivity index is 1.24. The molecule has 4 aromatic rings. The molecule has 3 heterocycles. The van der Waals surface area contributed by atoms with E-state index in [2.05, 4.69) is 36.1 Å². The second kappa shape index (κ2) is 9.84. The van der Waals surface area contributed by atoms with Crippen molar-refractivity contribution >= 4 is 63.3 Å². The van der Waals surface area contributed by atoms with E-state index in [1.54, 1.807) is 18.2 Å². The topological polar surface area (TPSA) is 167 Å². The number of benzene rings is 1. The van der Waals surface area contributed by atoms with Crippen LogP contribution in [0.4, 0.5) is 10.8 Å². The minimum atomic E-state index is -0.291. The molecular weight excluding hydrogens is 476 g/mol. The highest BCUT2D eigenvalue weighted by Gasteiger charge is 2.15. The van der Waals surface area contributed by atoms with E-state index in [0.29, 0.717) is 31.8 Å². The van der Waals surface area contributed by atoms with Crippen LogP contribution < -0.4 is 21.2 Å². The first-order chi connectivity index (χ1) is 15.5. The summed E-state index contributed by atoms with van der Waals surface area (Å²) in [5.41, 5.74) is 0.589. The number of hydrogen-bond donors (Lipinski definition) is 3. The number of para-hydroxylation sites is 2. The number of fused-ring (bicyclic) bond motifs is 1. The number of aromatic nitrogens is 7. The zero-order valence-electron chi connectivity index (χ0n) is 16.5. The van der Waals surface area contributed by atoms with Gasteiger partial charge in [-0.3, -0.25) is 14.9 Å². The molecule has 2 amide bonds. The van der Waals surface area contributed by atoms with Crippen molar-refractivity contribution < 1.29 is 14.3 Å². The fraction of sp³-hybridized carbons (Fsp3) is 0.188. The van der Waals surface area contributed by atoms with E-state index in [4.69, 9.17) is 10.6 Å². The lowest BCUT2D eigenvalue weighted by atomic mass is 10.3. The van der Waals surface area contributed by atoms with Gasteiger partial charge in [-0.2, -0.15) is 9.61 Å². The van der Waals surface area contributed by atoms with Gasteiger partial charge in [-0.05, 0) is 12.1 Å². The highest BCUT2D eigenvalue weighted by Crippen LogP contribution is 2.27. The predicted molar refractivity (Wildman–Crippen MR) is 121 cm³/mol. The first-order valence-electron chi connectivity index (χ1n) is 8.89. The first kappa shape index (κ1) is 21.8. The average molecular weight is 493 g/mol. The lowest BCUT2D eigenvalue weighted by molar-refractivity contribution is -0.114. The zero-order valence-corrected chi connectivity index (χ0v) is 18.9. The third-order valence-electron chi connectivity index (χ3n) is 3.81. The highest BCUT2D eigenvalue weighted by molar-refractivity contribution is 8.01. The second-order valence-corrected chi connectivity index (χ2v) is 9.12. The predicted octanol–water partition coefficient (Wildman–Crippen LogP) is 0.961. The summed E-state index contributed by atoms with van der Waals surface area (Å²) in [7, 11) is 1.54. The molecule has 0 unspecified atom stereocenters. The van der Waals surface area contributed by atoms with Crippen LogP contribution in [0.5, 0.6) is 5.75 Å². The molecular formula is C16H16N10O3S3. The SMILES string of the molecule is COc1ccccc1NC(=O)CSc1nnc(NC(=O)CSc2nnc3n(N)cnn23)s1. The molecule has 0 aliphatic carbocycles. The lowest BCUT2D eigenvalue weighted by Gasteiger charge is -2.08. The number of nitrogens with zero attached hydrogens (tertiary/aromatic N) is 7. The van der Waals surface area contributed by atoms with Gasteiger partial charge in [-0.25, -0.2) is 4.68 Å². The van der Waals surface area contributed by atoms with Crippen LogP contribution in [0.1, 0.15) is 0 Å². The minimum Gasteiger partial charge on any atom is -0.495 e. The molecule has 0 fully saturated rings. The van der Waals surface area contributed by atoms with Crippen molar-refractivity contribution in [2.24, 2.45) is 0 Å². The Hall–Kier alpha value is -3.37. The fourth-order valence-corrected chi connectivity index (χ4v) is 4.68. The lowest BCUT2D eigenvalue weighted by Crippen LogP contribution is -2.14. The van der Waals surface area contributed by atoms with Gasteiger partial charge >= 0.3 is 0 Å². The second-order valence-electron chi connectivity index (χ2n) is 5.98. The molecule has 0 saturated heterocycles. The van der Waals surface area contributed by atoms with Crippen LogP contribution in [0, 0.1) is 0 Å². The van der Waals surface area contributed by atoms with E-state index in [9.17, 15) is 9.59 Å². The van der Waals surface area contributed by atoms with Gasteiger partial charge < -0.3 is 15.9 Å². The Morgan fingerprint density at radius 3 is 2.72 bits per heavy atom. The Bertz CT molecular complexity index is 1250. The number of ether oxygens (including phenoxy) is 1. The van der Waals surface area contributed by atoms with Crippen molar-refractivity contribution in [2.75, 3.05) is 35.1 Å². The Kier molecular flexibility index (Phi) is 6.72. The van der Waals surface area contributed by atoms with Gasteiger partial charge in [0.1, 0.15) is 12.1 Å². The van der Waals surface area contributed by atoms with E-state index in [1.165, 1.54) is 45.7 Å². The number of hydrogen-bond acceptors (Lipinski definition) is 12. The molecule has 0 spiro atoms. The standard InChI is InChI=1S/C16H16N10O3S3/c1-29-10-5-3-2-4-9(10)19-11(27)7-31-16-24-21-13(32-16)20-12(28)6-30-15-23-22-14-25(17)8-18-26(14)15/h2-5,8H,6-7,17H2,1H3,(H,19,27)(H,20,21,28). The quantitative estimate of drug-likeness (QED) is 0.173. The molecule has 0 saturated carbocycles. The van der Waals surface area contributed by atoms with Crippen molar-refractivity contribution in [3.05, 3.63) is 30.6 Å². The fourth-order valence-electron chi connectivity index (χ4n) is 2.43. The maximum atomic E-state index is 12.2. The number of carbonyl (C=O) groups excluding carboxylic acids is 2. The number of nitrogens with one attached hydrogen (secondary N) is 2. The summed E-state index contributed by atoms with van der Waals surface area (Å²) in [6.45, 7) is 0. The van der Waals surface area contributed by atoms with Crippen LogP contribution in [-0.4, -0.2) is 65.1 Å². The van der Waals surface area contributed by atoms with Crippen molar-refractivity contribution in [3.8, 4) is 5.75 Å². The summed E-state index contributed by atoms with van der Waals surface area (Å²) < 4.78 is 8.43. The largest absolute Gasteiger partial charge is 0.495 e. The van der Waals surface area contributed by atoms with E-state index < -0.39 is 0 Å². The average Bonchev–Trinajstić information content (AvgIpc) is 3.50. The minimum absolute atomic E-state index is 0.0710. The number of rotatable bonds is 9. The summed E-state index contributed by atoms with van der Waals surface area (Å²) in [4.78, 5) is 24.4. The molecule has 0 aliphatic heterocycles. The molecule has 16 heteroatoms. The molecule has 0 aliphatic rings. The van der Waals surface area contributed by atoms with Crippen LogP contribution in [0.2, 0.25) is 0 Å². The van der Waals surface area contributed by atoms with Gasteiger partial charge in [0, 0.05) is 0 Å². The number of amides is 2. The maximum absolute atomic E-state index is 12.2. The van der Waals surface area contributed by atoms with Crippen LogP contribution in [-0.2, 0) is 9.59 Å². The molecule has 0 radical (unpaired) electrons. The third kappa shape index (κ3) is 5.09. The van der Waals surface area contributed by atoms with E-state index in [-0.39, 0.29) is 23.3 Å². The van der Waals surface area contributed by atoms with Gasteiger partial charge in [0.2, 0.25) is 22.1 Å². The van der Waals surface area contributed by atoms with Crippen LogP contribution in [0.3, 0.4) is 0 Å². The Morgan fingerprint density at radius 1 is 1.09 bits per heavy atom. The molecule has 0 bridgehead atoms. The van der Waals surface area contributed by atoms with Crippen molar-refractivity contribution in [1.82, 2.24) is 34.7 Å². The summed E-state index contributed by atoms with van der Waals surface area (Å²) in [5.74, 6) is 6.29. The summed E-state index contributed by atoms with van der Waals surface area (Å²) in [5, 5.41) is 26.0.